The minimum Gasteiger partial charge on any atom is -0.465 e. The first-order valence-electron chi connectivity index (χ1n) is 9.72. The van der Waals surface area contributed by atoms with E-state index >= 15 is 0 Å². The molecular weight excluding hydrogens is 340 g/mol. The van der Waals surface area contributed by atoms with Gasteiger partial charge in [0.15, 0.2) is 5.78 Å². The molecule has 1 aliphatic heterocycles. The second-order valence-corrected chi connectivity index (χ2v) is 8.31. The Hall–Kier alpha value is -2.30. The third-order valence-corrected chi connectivity index (χ3v) is 5.36. The summed E-state index contributed by atoms with van der Waals surface area (Å²) in [6.07, 6.45) is 6.40. The number of allylic oxidation sites excluding steroid dienone is 2. The molecule has 0 saturated carbocycles. The summed E-state index contributed by atoms with van der Waals surface area (Å²) in [5.41, 5.74) is 3.04. The molecule has 1 aliphatic carbocycles. The first-order chi connectivity index (χ1) is 12.8. The van der Waals surface area contributed by atoms with Crippen molar-refractivity contribution in [3.63, 3.8) is 0 Å². The summed E-state index contributed by atoms with van der Waals surface area (Å²) in [7, 11) is 0. The summed E-state index contributed by atoms with van der Waals surface area (Å²) in [6, 6.07) is 3.76. The number of esters is 1. The highest BCUT2D eigenvalue weighted by Gasteiger charge is 2.45. The van der Waals surface area contributed by atoms with Gasteiger partial charge in [0.05, 0.1) is 6.61 Å². The summed E-state index contributed by atoms with van der Waals surface area (Å²) in [4.78, 5) is 34.8. The number of hydrogen-bond acceptors (Lipinski definition) is 5. The van der Waals surface area contributed by atoms with Crippen LogP contribution in [0.25, 0.3) is 0 Å². The molecule has 0 radical (unpaired) electrons. The van der Waals surface area contributed by atoms with E-state index in [9.17, 15) is 9.59 Å². The predicted octanol–water partition coefficient (Wildman–Crippen LogP) is 4.24. The summed E-state index contributed by atoms with van der Waals surface area (Å²) in [6.45, 7) is 8.50. The fraction of sp³-hybridized carbons (Fsp3) is 0.545. The van der Waals surface area contributed by atoms with E-state index in [1.807, 2.05) is 19.1 Å². The van der Waals surface area contributed by atoms with E-state index < -0.39 is 5.92 Å². The van der Waals surface area contributed by atoms with Crippen LogP contribution in [0, 0.1) is 11.3 Å². The first kappa shape index (κ1) is 19.5. The fourth-order valence-corrected chi connectivity index (χ4v) is 4.09. The van der Waals surface area contributed by atoms with Crippen molar-refractivity contribution >= 4 is 17.5 Å². The zero-order chi connectivity index (χ0) is 19.6. The molecule has 0 spiro atoms. The van der Waals surface area contributed by atoms with Crippen LogP contribution in [0.1, 0.15) is 64.9 Å². The zero-order valence-corrected chi connectivity index (χ0v) is 16.6. The van der Waals surface area contributed by atoms with Gasteiger partial charge in [-0.25, -0.2) is 0 Å². The van der Waals surface area contributed by atoms with Gasteiger partial charge in [0.2, 0.25) is 0 Å². The van der Waals surface area contributed by atoms with Crippen molar-refractivity contribution < 1.29 is 14.3 Å². The third-order valence-electron chi connectivity index (χ3n) is 5.36. The molecule has 27 heavy (non-hydrogen) atoms. The molecule has 1 aromatic heterocycles. The van der Waals surface area contributed by atoms with Crippen molar-refractivity contribution in [2.45, 2.75) is 59.3 Å². The van der Waals surface area contributed by atoms with Gasteiger partial charge in [-0.3, -0.25) is 19.6 Å². The lowest BCUT2D eigenvalue weighted by atomic mass is 9.67. The van der Waals surface area contributed by atoms with E-state index in [1.165, 1.54) is 0 Å². The van der Waals surface area contributed by atoms with Gasteiger partial charge in [0.1, 0.15) is 5.92 Å². The minimum absolute atomic E-state index is 0.0886. The number of unbranched alkanes of at least 4 members (excludes halogenated alkanes) is 1. The molecule has 1 unspecified atom stereocenters. The van der Waals surface area contributed by atoms with Crippen molar-refractivity contribution in [2.24, 2.45) is 16.3 Å². The summed E-state index contributed by atoms with van der Waals surface area (Å²) >= 11 is 0. The largest absolute Gasteiger partial charge is 0.465 e. The number of Topliss-reactive ketones (excluding diaryl/α,β-unsaturated/α-hetero) is 1. The van der Waals surface area contributed by atoms with Gasteiger partial charge in [0, 0.05) is 41.7 Å². The maximum atomic E-state index is 13.1. The zero-order valence-electron chi connectivity index (χ0n) is 16.6. The number of aliphatic imine (C=N–C) groups is 1. The van der Waals surface area contributed by atoms with E-state index in [2.05, 4.69) is 25.8 Å². The van der Waals surface area contributed by atoms with Gasteiger partial charge in [-0.15, -0.1) is 0 Å². The van der Waals surface area contributed by atoms with Gasteiger partial charge < -0.3 is 4.74 Å². The molecule has 1 aromatic rings. The smallest absolute Gasteiger partial charge is 0.315 e. The lowest BCUT2D eigenvalue weighted by Gasteiger charge is -2.38. The topological polar surface area (TPSA) is 68.6 Å². The SMILES string of the molecule is CCCCOC(=O)C1C(C)=NC2=C(C(=O)CC(C)(C)C2)[C@H]1c1ccncc1. The van der Waals surface area contributed by atoms with Crippen LogP contribution in [-0.4, -0.2) is 29.1 Å². The van der Waals surface area contributed by atoms with Crippen molar-refractivity contribution in [1.82, 2.24) is 4.98 Å². The summed E-state index contributed by atoms with van der Waals surface area (Å²) in [5.74, 6) is -1.12. The van der Waals surface area contributed by atoms with Gasteiger partial charge >= 0.3 is 5.97 Å². The molecule has 0 N–H and O–H groups in total. The Morgan fingerprint density at radius 2 is 1.96 bits per heavy atom. The minimum atomic E-state index is -0.562. The monoisotopic (exact) mass is 368 g/mol. The van der Waals surface area contributed by atoms with E-state index in [1.54, 1.807) is 12.4 Å². The molecule has 5 nitrogen and oxygen atoms in total. The molecule has 144 valence electrons. The highest BCUT2D eigenvalue weighted by Crippen LogP contribution is 2.47. The second-order valence-electron chi connectivity index (χ2n) is 8.31. The molecule has 0 saturated heterocycles. The van der Waals surface area contributed by atoms with E-state index in [-0.39, 0.29) is 23.1 Å². The lowest BCUT2D eigenvalue weighted by molar-refractivity contribution is -0.146. The Bertz CT molecular complexity index is 793. The van der Waals surface area contributed by atoms with Crippen molar-refractivity contribution in [3.05, 3.63) is 41.4 Å². The van der Waals surface area contributed by atoms with Crippen LogP contribution in [0.4, 0.5) is 0 Å². The Balaban J connectivity index is 2.05. The van der Waals surface area contributed by atoms with Crippen molar-refractivity contribution in [1.29, 1.82) is 0 Å². The number of hydrogen-bond donors (Lipinski definition) is 0. The quantitative estimate of drug-likeness (QED) is 0.576. The summed E-state index contributed by atoms with van der Waals surface area (Å²) in [5, 5.41) is 0. The van der Waals surface area contributed by atoms with E-state index in [4.69, 9.17) is 9.73 Å². The first-order valence-corrected chi connectivity index (χ1v) is 9.72. The molecule has 0 amide bonds. The Labute approximate surface area is 160 Å². The van der Waals surface area contributed by atoms with Crippen LogP contribution < -0.4 is 0 Å². The average molecular weight is 368 g/mol. The van der Waals surface area contributed by atoms with Crippen LogP contribution in [0.2, 0.25) is 0 Å². The molecule has 2 aliphatic rings. The van der Waals surface area contributed by atoms with Crippen LogP contribution in [-0.2, 0) is 14.3 Å². The second kappa shape index (κ2) is 7.75. The number of aromatic nitrogens is 1. The molecular formula is C22H28N2O3. The normalized spacial score (nSPS) is 24.3. The van der Waals surface area contributed by atoms with Crippen LogP contribution >= 0.6 is 0 Å². The number of nitrogens with zero attached hydrogens (tertiary/aromatic N) is 2. The Morgan fingerprint density at radius 3 is 2.63 bits per heavy atom. The van der Waals surface area contributed by atoms with Gasteiger partial charge in [-0.1, -0.05) is 27.2 Å². The van der Waals surface area contributed by atoms with Crippen molar-refractivity contribution in [3.8, 4) is 0 Å². The summed E-state index contributed by atoms with van der Waals surface area (Å²) < 4.78 is 5.53. The van der Waals surface area contributed by atoms with Gasteiger partial charge in [-0.2, -0.15) is 0 Å². The molecule has 0 fully saturated rings. The number of ether oxygens (including phenoxy) is 1. The predicted molar refractivity (Wildman–Crippen MR) is 104 cm³/mol. The highest BCUT2D eigenvalue weighted by molar-refractivity contribution is 6.09. The van der Waals surface area contributed by atoms with E-state index in [0.717, 1.165) is 36.2 Å². The molecule has 2 atom stereocenters. The van der Waals surface area contributed by atoms with Gasteiger partial charge in [0.25, 0.3) is 0 Å². The average Bonchev–Trinajstić information content (AvgIpc) is 2.60. The standard InChI is InChI=1S/C22H28N2O3/c1-5-6-11-27-21(26)18-14(2)24-16-12-22(3,4)13-17(25)20(16)19(18)15-7-9-23-10-8-15/h7-10,18-19H,5-6,11-13H2,1-4H3/t18?,19-/m0/s1. The fourth-order valence-electron chi connectivity index (χ4n) is 4.09. The molecule has 5 heteroatoms. The molecule has 3 rings (SSSR count). The van der Waals surface area contributed by atoms with Gasteiger partial charge in [-0.05, 0) is 42.9 Å². The number of carbonyl (C=O) groups is 2. The van der Waals surface area contributed by atoms with Crippen LogP contribution in [0.5, 0.6) is 0 Å². The molecule has 2 heterocycles. The maximum Gasteiger partial charge on any atom is 0.315 e. The number of carbonyl (C=O) groups excluding carboxylic acids is 2. The molecule has 0 bridgehead atoms. The van der Waals surface area contributed by atoms with Crippen LogP contribution in [0.15, 0.2) is 40.8 Å². The lowest BCUT2D eigenvalue weighted by Crippen LogP contribution is -2.39. The number of rotatable bonds is 5. The highest BCUT2D eigenvalue weighted by atomic mass is 16.5. The van der Waals surface area contributed by atoms with Crippen LogP contribution in [0.3, 0.4) is 0 Å². The molecule has 0 aromatic carbocycles. The number of ketones is 1. The Morgan fingerprint density at radius 1 is 1.26 bits per heavy atom. The van der Waals surface area contributed by atoms with Crippen molar-refractivity contribution in [2.75, 3.05) is 6.61 Å². The third kappa shape index (κ3) is 4.02. The van der Waals surface area contributed by atoms with E-state index in [0.29, 0.717) is 18.6 Å². The Kier molecular flexibility index (Phi) is 5.59. The maximum absolute atomic E-state index is 13.1. The number of pyridine rings is 1.